The van der Waals surface area contributed by atoms with Gasteiger partial charge in [0.1, 0.15) is 0 Å². The van der Waals surface area contributed by atoms with E-state index in [1.165, 1.54) is 0 Å². The van der Waals surface area contributed by atoms with Gasteiger partial charge in [0.05, 0.1) is 0 Å². The molecular weight excluding hydrogens is 336 g/mol. The summed E-state index contributed by atoms with van der Waals surface area (Å²) in [7, 11) is 0. The van der Waals surface area contributed by atoms with Crippen LogP contribution in [0.3, 0.4) is 0 Å². The molecule has 0 radical (unpaired) electrons. The van der Waals surface area contributed by atoms with E-state index in [1.54, 1.807) is 0 Å². The summed E-state index contributed by atoms with van der Waals surface area (Å²) in [5.74, 6) is 0.645. The number of halogens is 1. The Kier molecular flexibility index (Phi) is 5.92. The van der Waals surface area contributed by atoms with Gasteiger partial charge in [0.25, 0.3) is 5.91 Å². The molecule has 2 aromatic carbocycles. The Labute approximate surface area is 153 Å². The number of hydrogen-bond donors (Lipinski definition) is 1. The van der Waals surface area contributed by atoms with Crippen LogP contribution in [0.4, 0.5) is 0 Å². The van der Waals surface area contributed by atoms with Gasteiger partial charge in [-0.2, -0.15) is 0 Å². The van der Waals surface area contributed by atoms with Crippen molar-refractivity contribution < 1.29 is 9.59 Å². The van der Waals surface area contributed by atoms with Crippen LogP contribution < -0.4 is 5.32 Å². The highest BCUT2D eigenvalue weighted by Gasteiger charge is 2.24. The largest absolute Gasteiger partial charge is 0.349 e. The quantitative estimate of drug-likeness (QED) is 0.830. The lowest BCUT2D eigenvalue weighted by Crippen LogP contribution is -2.46. The number of rotatable bonds is 5. The summed E-state index contributed by atoms with van der Waals surface area (Å²) in [5.41, 5.74) is 0.707. The molecule has 132 valence electrons. The number of piperidine rings is 1. The van der Waals surface area contributed by atoms with Crippen LogP contribution in [0.15, 0.2) is 42.5 Å². The summed E-state index contributed by atoms with van der Waals surface area (Å²) in [5, 5.41) is 5.17. The van der Waals surface area contributed by atoms with E-state index in [9.17, 15) is 9.59 Å². The summed E-state index contributed by atoms with van der Waals surface area (Å²) in [6, 6.07) is 13.8. The molecule has 5 heteroatoms. The Morgan fingerprint density at radius 3 is 2.56 bits per heavy atom. The van der Waals surface area contributed by atoms with Gasteiger partial charge >= 0.3 is 0 Å². The Balaban J connectivity index is 1.58. The second-order valence-electron chi connectivity index (χ2n) is 6.45. The van der Waals surface area contributed by atoms with Gasteiger partial charge in [-0.3, -0.25) is 9.59 Å². The average molecular weight is 359 g/mol. The lowest BCUT2D eigenvalue weighted by Gasteiger charge is -2.32. The maximum Gasteiger partial charge on any atom is 0.252 e. The molecule has 1 saturated heterocycles. The Morgan fingerprint density at radius 2 is 1.80 bits per heavy atom. The molecule has 0 atom stereocenters. The molecule has 3 rings (SSSR count). The Hall–Kier alpha value is -2.07. The van der Waals surface area contributed by atoms with Crippen molar-refractivity contribution in [1.29, 1.82) is 0 Å². The number of carbonyl (C=O) groups excluding carboxylic acids is 2. The van der Waals surface area contributed by atoms with Gasteiger partial charge < -0.3 is 10.2 Å². The highest BCUT2D eigenvalue weighted by atomic mass is 35.5. The van der Waals surface area contributed by atoms with Crippen LogP contribution in [0.1, 0.15) is 36.0 Å². The smallest absolute Gasteiger partial charge is 0.252 e. The number of hydrogen-bond acceptors (Lipinski definition) is 2. The van der Waals surface area contributed by atoms with Crippen LogP contribution in [0.25, 0.3) is 10.8 Å². The van der Waals surface area contributed by atoms with Crippen molar-refractivity contribution in [3.8, 4) is 0 Å². The van der Waals surface area contributed by atoms with Crippen molar-refractivity contribution in [1.82, 2.24) is 10.2 Å². The van der Waals surface area contributed by atoms with Gasteiger partial charge in [-0.05, 0) is 36.1 Å². The molecule has 2 aromatic rings. The van der Waals surface area contributed by atoms with Gasteiger partial charge in [0.2, 0.25) is 5.91 Å². The van der Waals surface area contributed by atoms with Crippen molar-refractivity contribution in [2.24, 2.45) is 0 Å². The first-order chi connectivity index (χ1) is 12.2. The van der Waals surface area contributed by atoms with Crippen molar-refractivity contribution in [2.45, 2.75) is 31.7 Å². The molecular formula is C20H23ClN2O2. The molecule has 1 fully saturated rings. The summed E-state index contributed by atoms with van der Waals surface area (Å²) in [4.78, 5) is 26.6. The Bertz CT molecular complexity index is 749. The highest BCUT2D eigenvalue weighted by molar-refractivity contribution is 6.17. The normalized spacial score (nSPS) is 15.3. The van der Waals surface area contributed by atoms with Crippen molar-refractivity contribution in [3.05, 3.63) is 48.0 Å². The number of fused-ring (bicyclic) bond motifs is 1. The van der Waals surface area contributed by atoms with Crippen LogP contribution in [-0.4, -0.2) is 41.7 Å². The number of carbonyl (C=O) groups is 2. The minimum absolute atomic E-state index is 0.0382. The van der Waals surface area contributed by atoms with Crippen LogP contribution in [-0.2, 0) is 4.79 Å². The zero-order chi connectivity index (χ0) is 17.6. The zero-order valence-corrected chi connectivity index (χ0v) is 15.0. The van der Waals surface area contributed by atoms with Crippen LogP contribution in [0, 0.1) is 0 Å². The number of benzene rings is 2. The van der Waals surface area contributed by atoms with Crippen molar-refractivity contribution >= 4 is 34.2 Å². The average Bonchev–Trinajstić information content (AvgIpc) is 2.66. The fourth-order valence-electron chi connectivity index (χ4n) is 3.34. The molecule has 1 aliphatic rings. The van der Waals surface area contributed by atoms with Crippen LogP contribution >= 0.6 is 11.6 Å². The number of nitrogens with one attached hydrogen (secondary N) is 1. The van der Waals surface area contributed by atoms with E-state index < -0.39 is 0 Å². The number of nitrogens with zero attached hydrogens (tertiary/aromatic N) is 1. The van der Waals surface area contributed by atoms with Gasteiger partial charge in [0.15, 0.2) is 0 Å². The monoisotopic (exact) mass is 358 g/mol. The summed E-state index contributed by atoms with van der Waals surface area (Å²) in [6.07, 6.45) is 2.82. The predicted octanol–water partition coefficient (Wildman–Crippen LogP) is 3.58. The number of amides is 2. The third kappa shape index (κ3) is 4.31. The third-order valence-electron chi connectivity index (χ3n) is 4.74. The maximum absolute atomic E-state index is 12.7. The van der Waals surface area contributed by atoms with E-state index in [1.807, 2.05) is 47.4 Å². The molecule has 0 aromatic heterocycles. The van der Waals surface area contributed by atoms with E-state index in [2.05, 4.69) is 5.32 Å². The lowest BCUT2D eigenvalue weighted by atomic mass is 10.0. The molecule has 0 aliphatic carbocycles. The van der Waals surface area contributed by atoms with Crippen LogP contribution in [0.5, 0.6) is 0 Å². The van der Waals surface area contributed by atoms with E-state index in [-0.39, 0.29) is 17.9 Å². The molecule has 0 bridgehead atoms. The second kappa shape index (κ2) is 8.34. The van der Waals surface area contributed by atoms with Gasteiger partial charge in [-0.1, -0.05) is 36.4 Å². The molecule has 1 aliphatic heterocycles. The molecule has 2 amide bonds. The maximum atomic E-state index is 12.7. The first-order valence-corrected chi connectivity index (χ1v) is 9.35. The summed E-state index contributed by atoms with van der Waals surface area (Å²) >= 11 is 5.65. The Morgan fingerprint density at radius 1 is 1.08 bits per heavy atom. The minimum atomic E-state index is -0.0382. The van der Waals surface area contributed by atoms with E-state index >= 15 is 0 Å². The fraction of sp³-hybridized carbons (Fsp3) is 0.400. The van der Waals surface area contributed by atoms with E-state index in [0.717, 1.165) is 30.0 Å². The molecule has 0 saturated carbocycles. The minimum Gasteiger partial charge on any atom is -0.349 e. The van der Waals surface area contributed by atoms with Crippen LogP contribution in [0.2, 0.25) is 0 Å². The lowest BCUT2D eigenvalue weighted by molar-refractivity contribution is -0.132. The zero-order valence-electron chi connectivity index (χ0n) is 14.2. The third-order valence-corrected chi connectivity index (χ3v) is 5.01. The topological polar surface area (TPSA) is 49.4 Å². The number of alkyl halides is 1. The number of likely N-dealkylation sites (tertiary alicyclic amines) is 1. The standard InChI is InChI=1S/C20H23ClN2O2/c21-12-4-9-19(24)23-13-10-16(11-14-23)22-20(25)18-8-3-6-15-5-1-2-7-17(15)18/h1-3,5-8,16H,4,9-14H2,(H,22,25). The molecule has 0 spiro atoms. The van der Waals surface area contributed by atoms with Crippen molar-refractivity contribution in [3.63, 3.8) is 0 Å². The second-order valence-corrected chi connectivity index (χ2v) is 6.83. The van der Waals surface area contributed by atoms with E-state index in [4.69, 9.17) is 11.6 Å². The predicted molar refractivity (Wildman–Crippen MR) is 101 cm³/mol. The highest BCUT2D eigenvalue weighted by Crippen LogP contribution is 2.19. The molecule has 1 N–H and O–H groups in total. The first-order valence-electron chi connectivity index (χ1n) is 8.81. The molecule has 25 heavy (non-hydrogen) atoms. The van der Waals surface area contributed by atoms with Gasteiger partial charge in [-0.25, -0.2) is 0 Å². The SMILES string of the molecule is O=C(NC1CCN(C(=O)CCCCl)CC1)c1cccc2ccccc12. The molecule has 4 nitrogen and oxygen atoms in total. The van der Waals surface area contributed by atoms with E-state index in [0.29, 0.717) is 31.0 Å². The van der Waals surface area contributed by atoms with Crippen molar-refractivity contribution in [2.75, 3.05) is 19.0 Å². The summed E-state index contributed by atoms with van der Waals surface area (Å²) in [6.45, 7) is 1.39. The molecule has 0 unspecified atom stereocenters. The summed E-state index contributed by atoms with van der Waals surface area (Å²) < 4.78 is 0. The van der Waals surface area contributed by atoms with Gasteiger partial charge in [-0.15, -0.1) is 11.6 Å². The molecule has 1 heterocycles. The fourth-order valence-corrected chi connectivity index (χ4v) is 3.47. The first kappa shape index (κ1) is 17.7. The van der Waals surface area contributed by atoms with Gasteiger partial charge in [0, 0.05) is 37.0 Å².